The van der Waals surface area contributed by atoms with E-state index in [1.165, 1.54) is 36.8 Å². The second kappa shape index (κ2) is 8.45. The Morgan fingerprint density at radius 2 is 1.77 bits per heavy atom. The van der Waals surface area contributed by atoms with Crippen LogP contribution in [0.2, 0.25) is 0 Å². The molecule has 0 saturated heterocycles. The van der Waals surface area contributed by atoms with Gasteiger partial charge >= 0.3 is 0 Å². The minimum absolute atomic E-state index is 0. The van der Waals surface area contributed by atoms with Crippen LogP contribution >= 0.6 is 12.4 Å². The predicted octanol–water partition coefficient (Wildman–Crippen LogP) is 5.46. The van der Waals surface area contributed by atoms with Crippen LogP contribution in [0.3, 0.4) is 0 Å². The fourth-order valence-corrected chi connectivity index (χ4v) is 4.66. The van der Waals surface area contributed by atoms with Gasteiger partial charge in [0.25, 0.3) is 0 Å². The van der Waals surface area contributed by atoms with Gasteiger partial charge in [0, 0.05) is 31.0 Å². The second-order valence-electron chi connectivity index (χ2n) is 7.79. The van der Waals surface area contributed by atoms with Crippen LogP contribution in [0.4, 0.5) is 0 Å². The largest absolute Gasteiger partial charge is 0.486 e. The summed E-state index contributed by atoms with van der Waals surface area (Å²) in [5.74, 6) is 1.74. The summed E-state index contributed by atoms with van der Waals surface area (Å²) < 4.78 is 6.59. The highest BCUT2D eigenvalue weighted by Crippen LogP contribution is 2.53. The van der Waals surface area contributed by atoms with Gasteiger partial charge < -0.3 is 9.64 Å². The molecule has 2 nitrogen and oxygen atoms in total. The van der Waals surface area contributed by atoms with Gasteiger partial charge in [-0.05, 0) is 44.4 Å². The zero-order valence-electron chi connectivity index (χ0n) is 15.7. The molecule has 3 heteroatoms. The molecule has 1 aliphatic carbocycles. The molecule has 0 amide bonds. The lowest BCUT2D eigenvalue weighted by atomic mass is 9.72. The molecule has 0 radical (unpaired) electrons. The smallest absolute Gasteiger partial charge is 0.123 e. The topological polar surface area (TPSA) is 12.5 Å². The lowest BCUT2D eigenvalue weighted by Gasteiger charge is -2.39. The van der Waals surface area contributed by atoms with E-state index in [1.807, 2.05) is 0 Å². The van der Waals surface area contributed by atoms with Crippen molar-refractivity contribution in [2.45, 2.75) is 50.0 Å². The maximum absolute atomic E-state index is 6.59. The molecule has 1 aliphatic heterocycles. The van der Waals surface area contributed by atoms with E-state index < -0.39 is 0 Å². The normalized spacial score (nSPS) is 23.7. The van der Waals surface area contributed by atoms with E-state index in [0.717, 1.165) is 31.7 Å². The number of ether oxygens (including phenoxy) is 1. The molecular formula is C23H30ClNO. The van der Waals surface area contributed by atoms with Gasteiger partial charge in [-0.2, -0.15) is 0 Å². The highest BCUT2D eigenvalue weighted by atomic mass is 35.5. The lowest BCUT2D eigenvalue weighted by molar-refractivity contribution is 0.0198. The summed E-state index contributed by atoms with van der Waals surface area (Å²) in [6, 6.07) is 19.5. The van der Waals surface area contributed by atoms with Gasteiger partial charge in [-0.1, -0.05) is 55.0 Å². The summed E-state index contributed by atoms with van der Waals surface area (Å²) in [5.41, 5.74) is 2.92. The van der Waals surface area contributed by atoms with Crippen molar-refractivity contribution in [3.8, 4) is 5.75 Å². The van der Waals surface area contributed by atoms with Crippen LogP contribution in [0.15, 0.2) is 54.6 Å². The molecule has 0 N–H and O–H groups in total. The Morgan fingerprint density at radius 3 is 2.62 bits per heavy atom. The Labute approximate surface area is 164 Å². The maximum atomic E-state index is 6.59. The van der Waals surface area contributed by atoms with E-state index in [0.29, 0.717) is 5.92 Å². The van der Waals surface area contributed by atoms with E-state index >= 15 is 0 Å². The average Bonchev–Trinajstić information content (AvgIpc) is 3.00. The molecule has 4 rings (SSSR count). The van der Waals surface area contributed by atoms with E-state index in [4.69, 9.17) is 4.74 Å². The van der Waals surface area contributed by atoms with Gasteiger partial charge in [0.05, 0.1) is 0 Å². The Balaban J connectivity index is 0.00000196. The zero-order chi connectivity index (χ0) is 17.1. The maximum Gasteiger partial charge on any atom is 0.123 e. The summed E-state index contributed by atoms with van der Waals surface area (Å²) >= 11 is 0. The number of benzene rings is 2. The van der Waals surface area contributed by atoms with Crippen LogP contribution in [0.1, 0.15) is 49.1 Å². The molecule has 0 aromatic heterocycles. The van der Waals surface area contributed by atoms with E-state index in [1.54, 1.807) is 0 Å². The Bertz CT molecular complexity index is 704. The third-order valence-electron chi connectivity index (χ3n) is 6.13. The minimum Gasteiger partial charge on any atom is -0.486 e. The molecule has 26 heavy (non-hydrogen) atoms. The zero-order valence-corrected chi connectivity index (χ0v) is 16.5. The Kier molecular flexibility index (Phi) is 6.26. The summed E-state index contributed by atoms with van der Waals surface area (Å²) in [7, 11) is 2.25. The fourth-order valence-electron chi connectivity index (χ4n) is 4.66. The first-order valence-corrected chi connectivity index (χ1v) is 9.77. The Morgan fingerprint density at radius 1 is 1.00 bits per heavy atom. The predicted molar refractivity (Wildman–Crippen MR) is 111 cm³/mol. The molecule has 1 heterocycles. The van der Waals surface area contributed by atoms with Gasteiger partial charge in [0.2, 0.25) is 0 Å². The van der Waals surface area contributed by atoms with Crippen LogP contribution in [0.25, 0.3) is 0 Å². The fraction of sp³-hybridized carbons (Fsp3) is 0.478. The average molecular weight is 372 g/mol. The summed E-state index contributed by atoms with van der Waals surface area (Å²) in [6.07, 6.45) is 7.39. The SMILES string of the molecule is CN(CCc1ccccc1)CC[C@@]12CCCC[C@@H]1c1ccccc1O2.Cl. The quantitative estimate of drug-likeness (QED) is 0.668. The molecule has 1 saturated carbocycles. The van der Waals surface area contributed by atoms with Crippen molar-refractivity contribution in [1.29, 1.82) is 0 Å². The first-order chi connectivity index (χ1) is 12.3. The number of nitrogens with zero attached hydrogens (tertiary/aromatic N) is 1. The Hall–Kier alpha value is -1.51. The molecule has 140 valence electrons. The number of para-hydroxylation sites is 1. The molecular weight excluding hydrogens is 342 g/mol. The van der Waals surface area contributed by atoms with Gasteiger partial charge in [-0.25, -0.2) is 0 Å². The molecule has 0 spiro atoms. The van der Waals surface area contributed by atoms with Crippen molar-refractivity contribution in [3.63, 3.8) is 0 Å². The molecule has 2 atom stereocenters. The molecule has 2 aromatic rings. The van der Waals surface area contributed by atoms with Crippen molar-refractivity contribution >= 4 is 12.4 Å². The van der Waals surface area contributed by atoms with Crippen LogP contribution < -0.4 is 4.74 Å². The van der Waals surface area contributed by atoms with E-state index in [-0.39, 0.29) is 18.0 Å². The van der Waals surface area contributed by atoms with Crippen LogP contribution in [0.5, 0.6) is 5.75 Å². The van der Waals surface area contributed by atoms with Gasteiger partial charge in [0.15, 0.2) is 0 Å². The molecule has 0 unspecified atom stereocenters. The minimum atomic E-state index is 0. The standard InChI is InChI=1S/C23H29NO.ClH/c1-24(17-14-19-9-3-2-4-10-19)18-16-23-15-8-7-12-21(23)20-11-5-6-13-22(20)25-23;/h2-6,9-11,13,21H,7-8,12,14-18H2,1H3;1H/t21-,23+;/m1./s1. The summed E-state index contributed by atoms with van der Waals surface area (Å²) in [5, 5.41) is 0. The number of likely N-dealkylation sites (N-methyl/N-ethyl adjacent to an activating group) is 1. The number of rotatable bonds is 6. The van der Waals surface area contributed by atoms with Crippen molar-refractivity contribution in [1.82, 2.24) is 4.90 Å². The number of hydrogen-bond donors (Lipinski definition) is 0. The molecule has 1 fully saturated rings. The third-order valence-corrected chi connectivity index (χ3v) is 6.13. The van der Waals surface area contributed by atoms with Crippen LogP contribution in [-0.4, -0.2) is 30.6 Å². The molecule has 0 bridgehead atoms. The van der Waals surface area contributed by atoms with Crippen LogP contribution in [0, 0.1) is 0 Å². The van der Waals surface area contributed by atoms with Gasteiger partial charge in [0.1, 0.15) is 11.4 Å². The van der Waals surface area contributed by atoms with E-state index in [2.05, 4.69) is 66.5 Å². The van der Waals surface area contributed by atoms with Crippen molar-refractivity contribution in [2.75, 3.05) is 20.1 Å². The highest BCUT2D eigenvalue weighted by Gasteiger charge is 2.48. The van der Waals surface area contributed by atoms with Crippen molar-refractivity contribution < 1.29 is 4.74 Å². The molecule has 2 aliphatic rings. The lowest BCUT2D eigenvalue weighted by Crippen LogP contribution is -2.43. The number of halogens is 1. The monoisotopic (exact) mass is 371 g/mol. The first kappa shape index (κ1) is 19.3. The summed E-state index contributed by atoms with van der Waals surface area (Å²) in [4.78, 5) is 2.47. The number of hydrogen-bond acceptors (Lipinski definition) is 2. The van der Waals surface area contributed by atoms with Gasteiger partial charge in [-0.3, -0.25) is 0 Å². The van der Waals surface area contributed by atoms with E-state index in [9.17, 15) is 0 Å². The number of fused-ring (bicyclic) bond motifs is 3. The van der Waals surface area contributed by atoms with Gasteiger partial charge in [-0.15, -0.1) is 12.4 Å². The highest BCUT2D eigenvalue weighted by molar-refractivity contribution is 5.85. The first-order valence-electron chi connectivity index (χ1n) is 9.77. The second-order valence-corrected chi connectivity index (χ2v) is 7.79. The molecule has 2 aromatic carbocycles. The van der Waals surface area contributed by atoms with Crippen molar-refractivity contribution in [3.05, 3.63) is 65.7 Å². The summed E-state index contributed by atoms with van der Waals surface area (Å²) in [6.45, 7) is 2.22. The third kappa shape index (κ3) is 3.92. The van der Waals surface area contributed by atoms with Crippen LogP contribution in [-0.2, 0) is 6.42 Å². The van der Waals surface area contributed by atoms with Crippen molar-refractivity contribution in [2.24, 2.45) is 0 Å².